The molecule has 1 atom stereocenters. The van der Waals surface area contributed by atoms with Crippen molar-refractivity contribution in [3.63, 3.8) is 0 Å². The van der Waals surface area contributed by atoms with Gasteiger partial charge in [0.2, 0.25) is 5.91 Å². The number of rotatable bonds is 7. The van der Waals surface area contributed by atoms with Crippen LogP contribution < -0.4 is 5.32 Å². The molecule has 2 aliphatic rings. The Morgan fingerprint density at radius 1 is 1.19 bits per heavy atom. The molecule has 7 nitrogen and oxygen atoms in total. The normalized spacial score (nSPS) is 24.4. The Morgan fingerprint density at radius 3 is 2.72 bits per heavy atom. The Kier molecular flexibility index (Phi) is 7.55. The first kappa shape index (κ1) is 22.9. The molecule has 4 rings (SSSR count). The van der Waals surface area contributed by atoms with Crippen LogP contribution in [-0.4, -0.2) is 51.6 Å². The molecule has 174 valence electrons. The molecular weight excluding hydrogens is 402 g/mol. The number of carbonyl (C=O) groups is 1. The summed E-state index contributed by atoms with van der Waals surface area (Å²) in [5.41, 5.74) is 2.90. The quantitative estimate of drug-likeness (QED) is 0.688. The lowest BCUT2D eigenvalue weighted by Crippen LogP contribution is -2.46. The van der Waals surface area contributed by atoms with E-state index in [4.69, 9.17) is 9.51 Å². The number of hydrogen-bond donors (Lipinski definition) is 1. The SMILES string of the molecule is CCC1CCCCN1CC(=O)NCC1CCC(c2nc(C)ncc2-c2cc(C)no2)CC1. The monoisotopic (exact) mass is 439 g/mol. The topological polar surface area (TPSA) is 84.2 Å². The molecule has 1 saturated carbocycles. The van der Waals surface area contributed by atoms with E-state index in [0.717, 1.165) is 73.7 Å². The second-order valence-electron chi connectivity index (χ2n) is 9.60. The number of likely N-dealkylation sites (tertiary alicyclic amines) is 1. The highest BCUT2D eigenvalue weighted by molar-refractivity contribution is 5.78. The van der Waals surface area contributed by atoms with Gasteiger partial charge in [-0.3, -0.25) is 9.69 Å². The van der Waals surface area contributed by atoms with Crippen LogP contribution in [0.4, 0.5) is 0 Å². The fourth-order valence-electron chi connectivity index (χ4n) is 5.35. The standard InChI is InChI=1S/C25H37N5O2/c1-4-21-7-5-6-12-30(21)16-24(31)27-14-19-8-10-20(11-9-19)25-22(15-26-18(3)28-25)23-13-17(2)29-32-23/h13,15,19-21H,4-12,14,16H2,1-3H3,(H,27,31). The summed E-state index contributed by atoms with van der Waals surface area (Å²) in [6.45, 7) is 8.48. The molecule has 0 bridgehead atoms. The molecule has 1 N–H and O–H groups in total. The summed E-state index contributed by atoms with van der Waals surface area (Å²) in [6.07, 6.45) is 11.1. The first-order chi connectivity index (χ1) is 15.5. The van der Waals surface area contributed by atoms with Gasteiger partial charge in [-0.1, -0.05) is 18.5 Å². The van der Waals surface area contributed by atoms with Crippen LogP contribution >= 0.6 is 0 Å². The minimum absolute atomic E-state index is 0.182. The van der Waals surface area contributed by atoms with Gasteiger partial charge in [-0.15, -0.1) is 0 Å². The molecular formula is C25H37N5O2. The van der Waals surface area contributed by atoms with Crippen LogP contribution in [0.25, 0.3) is 11.3 Å². The molecule has 1 unspecified atom stereocenters. The van der Waals surface area contributed by atoms with Gasteiger partial charge in [0.1, 0.15) is 5.82 Å². The lowest BCUT2D eigenvalue weighted by molar-refractivity contribution is -0.123. The number of nitrogens with one attached hydrogen (secondary N) is 1. The van der Waals surface area contributed by atoms with E-state index in [1.807, 2.05) is 26.1 Å². The third-order valence-electron chi connectivity index (χ3n) is 7.22. The number of hydrogen-bond acceptors (Lipinski definition) is 6. The molecule has 1 aliphatic heterocycles. The highest BCUT2D eigenvalue weighted by Crippen LogP contribution is 2.38. The fraction of sp³-hybridized carbons (Fsp3) is 0.680. The summed E-state index contributed by atoms with van der Waals surface area (Å²) in [5.74, 6) is 2.65. The number of carbonyl (C=O) groups excluding carboxylic acids is 1. The second-order valence-corrected chi connectivity index (χ2v) is 9.60. The van der Waals surface area contributed by atoms with Crippen LogP contribution in [-0.2, 0) is 4.79 Å². The maximum absolute atomic E-state index is 12.6. The molecule has 2 aromatic heterocycles. The molecule has 32 heavy (non-hydrogen) atoms. The van der Waals surface area contributed by atoms with Gasteiger partial charge >= 0.3 is 0 Å². The van der Waals surface area contributed by atoms with Crippen molar-refractivity contribution >= 4 is 5.91 Å². The average molecular weight is 440 g/mol. The molecule has 0 aromatic carbocycles. The summed E-state index contributed by atoms with van der Waals surface area (Å²) in [5, 5.41) is 7.25. The van der Waals surface area contributed by atoms with E-state index in [2.05, 4.69) is 27.3 Å². The van der Waals surface area contributed by atoms with Crippen LogP contribution in [0.5, 0.6) is 0 Å². The van der Waals surface area contributed by atoms with E-state index < -0.39 is 0 Å². The van der Waals surface area contributed by atoms with E-state index >= 15 is 0 Å². The van der Waals surface area contributed by atoms with Crippen molar-refractivity contribution in [1.82, 2.24) is 25.3 Å². The van der Waals surface area contributed by atoms with Crippen molar-refractivity contribution in [3.8, 4) is 11.3 Å². The van der Waals surface area contributed by atoms with E-state index in [-0.39, 0.29) is 5.91 Å². The maximum atomic E-state index is 12.6. The number of piperidine rings is 1. The molecule has 3 heterocycles. The predicted octanol–water partition coefficient (Wildman–Crippen LogP) is 4.40. The lowest BCUT2D eigenvalue weighted by atomic mass is 9.79. The van der Waals surface area contributed by atoms with E-state index in [9.17, 15) is 4.79 Å². The number of amides is 1. The van der Waals surface area contributed by atoms with Gasteiger partial charge in [0.15, 0.2) is 5.76 Å². The summed E-state index contributed by atoms with van der Waals surface area (Å²) in [4.78, 5) is 24.1. The number of aryl methyl sites for hydroxylation is 2. The molecule has 1 aliphatic carbocycles. The van der Waals surface area contributed by atoms with Gasteiger partial charge in [-0.2, -0.15) is 0 Å². The van der Waals surface area contributed by atoms with Crippen molar-refractivity contribution in [2.24, 2.45) is 5.92 Å². The van der Waals surface area contributed by atoms with Gasteiger partial charge in [0, 0.05) is 30.8 Å². The third kappa shape index (κ3) is 5.55. The Labute approximate surface area is 191 Å². The summed E-state index contributed by atoms with van der Waals surface area (Å²) >= 11 is 0. The smallest absolute Gasteiger partial charge is 0.234 e. The highest BCUT2D eigenvalue weighted by Gasteiger charge is 2.28. The molecule has 2 fully saturated rings. The first-order valence-electron chi connectivity index (χ1n) is 12.3. The third-order valence-corrected chi connectivity index (χ3v) is 7.22. The number of nitrogens with zero attached hydrogens (tertiary/aromatic N) is 4. The maximum Gasteiger partial charge on any atom is 0.234 e. The van der Waals surface area contributed by atoms with Crippen molar-refractivity contribution in [3.05, 3.63) is 29.5 Å². The van der Waals surface area contributed by atoms with Crippen molar-refractivity contribution in [2.45, 2.75) is 84.1 Å². The Hall–Kier alpha value is -2.28. The van der Waals surface area contributed by atoms with Crippen LogP contribution in [0.1, 0.15) is 81.4 Å². The molecule has 0 radical (unpaired) electrons. The fourth-order valence-corrected chi connectivity index (χ4v) is 5.35. The molecule has 1 amide bonds. The van der Waals surface area contributed by atoms with Gasteiger partial charge in [-0.05, 0) is 71.3 Å². The summed E-state index contributed by atoms with van der Waals surface area (Å²) in [7, 11) is 0. The first-order valence-corrected chi connectivity index (χ1v) is 12.3. The zero-order chi connectivity index (χ0) is 22.5. The zero-order valence-electron chi connectivity index (χ0n) is 19.8. The second kappa shape index (κ2) is 10.6. The van der Waals surface area contributed by atoms with Gasteiger partial charge < -0.3 is 9.84 Å². The molecule has 2 aromatic rings. The predicted molar refractivity (Wildman–Crippen MR) is 124 cm³/mol. The van der Waals surface area contributed by atoms with Crippen LogP contribution in [0.15, 0.2) is 16.8 Å². The zero-order valence-corrected chi connectivity index (χ0v) is 19.8. The van der Waals surface area contributed by atoms with Gasteiger partial charge in [0.05, 0.1) is 23.5 Å². The summed E-state index contributed by atoms with van der Waals surface area (Å²) < 4.78 is 5.50. The van der Waals surface area contributed by atoms with Gasteiger partial charge in [0.25, 0.3) is 0 Å². The van der Waals surface area contributed by atoms with Crippen molar-refractivity contribution in [2.75, 3.05) is 19.6 Å². The van der Waals surface area contributed by atoms with Crippen molar-refractivity contribution < 1.29 is 9.32 Å². The molecule has 7 heteroatoms. The molecule has 1 saturated heterocycles. The minimum Gasteiger partial charge on any atom is -0.356 e. The molecule has 0 spiro atoms. The Morgan fingerprint density at radius 2 is 2.00 bits per heavy atom. The largest absolute Gasteiger partial charge is 0.356 e. The highest BCUT2D eigenvalue weighted by atomic mass is 16.5. The number of aromatic nitrogens is 3. The lowest BCUT2D eigenvalue weighted by Gasteiger charge is -2.35. The van der Waals surface area contributed by atoms with Crippen LogP contribution in [0.2, 0.25) is 0 Å². The Bertz CT molecular complexity index is 903. The van der Waals surface area contributed by atoms with Crippen LogP contribution in [0.3, 0.4) is 0 Å². The van der Waals surface area contributed by atoms with E-state index in [1.165, 1.54) is 19.3 Å². The average Bonchev–Trinajstić information content (AvgIpc) is 3.24. The van der Waals surface area contributed by atoms with E-state index in [1.54, 1.807) is 0 Å². The van der Waals surface area contributed by atoms with Gasteiger partial charge in [-0.25, -0.2) is 9.97 Å². The van der Waals surface area contributed by atoms with E-state index in [0.29, 0.717) is 24.4 Å². The Balaban J connectivity index is 1.29. The minimum atomic E-state index is 0.182. The van der Waals surface area contributed by atoms with Crippen molar-refractivity contribution in [1.29, 1.82) is 0 Å². The van der Waals surface area contributed by atoms with Crippen LogP contribution in [0, 0.1) is 19.8 Å². The summed E-state index contributed by atoms with van der Waals surface area (Å²) in [6, 6.07) is 2.52.